The molecule has 0 aromatic heterocycles. The predicted octanol–water partition coefficient (Wildman–Crippen LogP) is 3.38. The number of hydrogen-bond donors (Lipinski definition) is 1. The van der Waals surface area contributed by atoms with E-state index in [1.54, 1.807) is 0 Å². The Kier molecular flexibility index (Phi) is 6.67. The third-order valence-electron chi connectivity index (χ3n) is 4.66. The fourth-order valence-corrected chi connectivity index (χ4v) is 3.54. The molecule has 1 unspecified atom stereocenters. The lowest BCUT2D eigenvalue weighted by molar-refractivity contribution is -0.120. The number of benzene rings is 2. The molecule has 1 saturated heterocycles. The molecule has 1 atom stereocenters. The van der Waals surface area contributed by atoms with E-state index in [0.717, 1.165) is 31.9 Å². The van der Waals surface area contributed by atoms with E-state index in [4.69, 9.17) is 16.3 Å². The quantitative estimate of drug-likeness (QED) is 0.845. The minimum absolute atomic E-state index is 0.0122. The minimum atomic E-state index is 0.0122. The van der Waals surface area contributed by atoms with Crippen molar-refractivity contribution in [3.8, 4) is 0 Å². The van der Waals surface area contributed by atoms with Crippen molar-refractivity contribution in [3.63, 3.8) is 0 Å². The summed E-state index contributed by atoms with van der Waals surface area (Å²) in [6.45, 7) is 5.91. The first kappa shape index (κ1) is 18.9. The number of ether oxygens (including phenoxy) is 1. The Bertz CT molecular complexity index is 744. The summed E-state index contributed by atoms with van der Waals surface area (Å²) in [5.41, 5.74) is 3.38. The second-order valence-electron chi connectivity index (χ2n) is 6.69. The van der Waals surface area contributed by atoms with E-state index < -0.39 is 0 Å². The van der Waals surface area contributed by atoms with Crippen LogP contribution in [0.5, 0.6) is 0 Å². The number of aryl methyl sites for hydroxylation is 1. The molecule has 138 valence electrons. The van der Waals surface area contributed by atoms with Gasteiger partial charge in [-0.3, -0.25) is 9.69 Å². The molecule has 2 aromatic carbocycles. The molecule has 4 nitrogen and oxygen atoms in total. The van der Waals surface area contributed by atoms with Crippen LogP contribution in [0.2, 0.25) is 5.02 Å². The second-order valence-corrected chi connectivity index (χ2v) is 7.13. The smallest absolute Gasteiger partial charge is 0.224 e. The van der Waals surface area contributed by atoms with E-state index in [2.05, 4.69) is 41.4 Å². The normalized spacial score (nSPS) is 16.2. The van der Waals surface area contributed by atoms with E-state index in [1.807, 2.05) is 24.3 Å². The van der Waals surface area contributed by atoms with Gasteiger partial charge in [0.05, 0.1) is 25.7 Å². The zero-order valence-corrected chi connectivity index (χ0v) is 15.8. The molecule has 3 rings (SSSR count). The van der Waals surface area contributed by atoms with Gasteiger partial charge in [-0.25, -0.2) is 0 Å². The molecular formula is C21H25ClN2O2. The molecule has 1 heterocycles. The van der Waals surface area contributed by atoms with E-state index in [0.29, 0.717) is 18.0 Å². The van der Waals surface area contributed by atoms with Crippen molar-refractivity contribution in [1.29, 1.82) is 0 Å². The highest BCUT2D eigenvalue weighted by Crippen LogP contribution is 2.22. The summed E-state index contributed by atoms with van der Waals surface area (Å²) in [7, 11) is 0. The number of rotatable bonds is 6. The molecule has 26 heavy (non-hydrogen) atoms. The van der Waals surface area contributed by atoms with Gasteiger partial charge < -0.3 is 10.1 Å². The van der Waals surface area contributed by atoms with Crippen molar-refractivity contribution in [2.45, 2.75) is 19.4 Å². The van der Waals surface area contributed by atoms with Crippen LogP contribution in [0, 0.1) is 6.92 Å². The number of carbonyl (C=O) groups is 1. The van der Waals surface area contributed by atoms with Crippen molar-refractivity contribution in [2.75, 3.05) is 32.8 Å². The third-order valence-corrected chi connectivity index (χ3v) is 4.89. The van der Waals surface area contributed by atoms with Gasteiger partial charge in [0, 0.05) is 24.7 Å². The molecule has 1 fully saturated rings. The maximum absolute atomic E-state index is 12.4. The van der Waals surface area contributed by atoms with Crippen molar-refractivity contribution < 1.29 is 9.53 Å². The number of nitrogens with one attached hydrogen (secondary N) is 1. The zero-order valence-electron chi connectivity index (χ0n) is 15.1. The van der Waals surface area contributed by atoms with Crippen LogP contribution in [0.1, 0.15) is 22.7 Å². The van der Waals surface area contributed by atoms with Gasteiger partial charge in [-0.2, -0.15) is 0 Å². The van der Waals surface area contributed by atoms with Gasteiger partial charge in [0.25, 0.3) is 0 Å². The first-order valence-corrected chi connectivity index (χ1v) is 9.39. The van der Waals surface area contributed by atoms with Crippen LogP contribution in [0.4, 0.5) is 0 Å². The lowest BCUT2D eigenvalue weighted by Crippen LogP contribution is -2.44. The Labute approximate surface area is 160 Å². The van der Waals surface area contributed by atoms with Crippen LogP contribution < -0.4 is 5.32 Å². The number of hydrogen-bond acceptors (Lipinski definition) is 3. The fourth-order valence-electron chi connectivity index (χ4n) is 3.33. The summed E-state index contributed by atoms with van der Waals surface area (Å²) in [6.07, 6.45) is 0.338. The number of halogens is 1. The molecule has 0 aliphatic carbocycles. The van der Waals surface area contributed by atoms with Crippen molar-refractivity contribution in [1.82, 2.24) is 10.2 Å². The number of morpholine rings is 1. The largest absolute Gasteiger partial charge is 0.379 e. The van der Waals surface area contributed by atoms with Crippen LogP contribution in [-0.4, -0.2) is 43.7 Å². The van der Waals surface area contributed by atoms with Crippen LogP contribution >= 0.6 is 11.6 Å². The van der Waals surface area contributed by atoms with Gasteiger partial charge in [-0.05, 0) is 30.2 Å². The maximum Gasteiger partial charge on any atom is 0.224 e. The Balaban J connectivity index is 1.66. The summed E-state index contributed by atoms with van der Waals surface area (Å²) in [5, 5.41) is 3.76. The molecular weight excluding hydrogens is 348 g/mol. The highest BCUT2D eigenvalue weighted by molar-refractivity contribution is 6.30. The Morgan fingerprint density at radius 2 is 1.96 bits per heavy atom. The fraction of sp³-hybridized carbons (Fsp3) is 0.381. The van der Waals surface area contributed by atoms with Gasteiger partial charge in [0.1, 0.15) is 0 Å². The summed E-state index contributed by atoms with van der Waals surface area (Å²) in [5.74, 6) is 0.0122. The van der Waals surface area contributed by atoms with Crippen LogP contribution in [0.3, 0.4) is 0 Å². The number of amides is 1. The Hall–Kier alpha value is -1.88. The highest BCUT2D eigenvalue weighted by atomic mass is 35.5. The molecule has 0 spiro atoms. The Morgan fingerprint density at radius 3 is 2.69 bits per heavy atom. The van der Waals surface area contributed by atoms with Crippen molar-refractivity contribution in [2.24, 2.45) is 0 Å². The third kappa shape index (κ3) is 5.31. The lowest BCUT2D eigenvalue weighted by Gasteiger charge is -2.35. The molecule has 0 saturated carbocycles. The topological polar surface area (TPSA) is 41.6 Å². The predicted molar refractivity (Wildman–Crippen MR) is 104 cm³/mol. The van der Waals surface area contributed by atoms with Crippen molar-refractivity contribution >= 4 is 17.5 Å². The van der Waals surface area contributed by atoms with E-state index in [1.165, 1.54) is 11.1 Å². The number of carbonyl (C=O) groups excluding carboxylic acids is 1. The van der Waals surface area contributed by atoms with Crippen molar-refractivity contribution in [3.05, 3.63) is 70.2 Å². The van der Waals surface area contributed by atoms with Crippen LogP contribution in [0.25, 0.3) is 0 Å². The van der Waals surface area contributed by atoms with E-state index in [9.17, 15) is 4.79 Å². The second kappa shape index (κ2) is 9.17. The molecule has 5 heteroatoms. The highest BCUT2D eigenvalue weighted by Gasteiger charge is 2.23. The first-order chi connectivity index (χ1) is 12.6. The molecule has 1 N–H and O–H groups in total. The summed E-state index contributed by atoms with van der Waals surface area (Å²) < 4.78 is 5.48. The van der Waals surface area contributed by atoms with Gasteiger partial charge in [0.2, 0.25) is 5.91 Å². The standard InChI is InChI=1S/C21H25ClN2O2/c1-16-4-2-6-18(12-16)20(24-8-10-26-11-9-24)15-23-21(25)14-17-5-3-7-19(22)13-17/h2-7,12-13,20H,8-11,14-15H2,1H3,(H,23,25). The molecule has 2 aromatic rings. The summed E-state index contributed by atoms with van der Waals surface area (Å²) in [4.78, 5) is 14.8. The van der Waals surface area contributed by atoms with E-state index >= 15 is 0 Å². The average molecular weight is 373 g/mol. The van der Waals surface area contributed by atoms with E-state index in [-0.39, 0.29) is 11.9 Å². The average Bonchev–Trinajstić information content (AvgIpc) is 2.63. The SMILES string of the molecule is Cc1cccc(C(CNC(=O)Cc2cccc(Cl)c2)N2CCOCC2)c1. The maximum atomic E-state index is 12.4. The van der Waals surface area contributed by atoms with Gasteiger partial charge >= 0.3 is 0 Å². The first-order valence-electron chi connectivity index (χ1n) is 9.01. The minimum Gasteiger partial charge on any atom is -0.379 e. The molecule has 0 radical (unpaired) electrons. The zero-order chi connectivity index (χ0) is 18.4. The molecule has 1 amide bonds. The number of nitrogens with zero attached hydrogens (tertiary/aromatic N) is 1. The molecule has 1 aliphatic rings. The van der Waals surface area contributed by atoms with Crippen LogP contribution in [-0.2, 0) is 16.0 Å². The summed E-state index contributed by atoms with van der Waals surface area (Å²) in [6, 6.07) is 16.1. The molecule has 0 bridgehead atoms. The van der Waals surface area contributed by atoms with Crippen LogP contribution in [0.15, 0.2) is 48.5 Å². The summed E-state index contributed by atoms with van der Waals surface area (Å²) >= 11 is 6.00. The lowest BCUT2D eigenvalue weighted by atomic mass is 10.0. The Morgan fingerprint density at radius 1 is 1.19 bits per heavy atom. The monoisotopic (exact) mass is 372 g/mol. The van der Waals surface area contributed by atoms with Gasteiger partial charge in [0.15, 0.2) is 0 Å². The van der Waals surface area contributed by atoms with Gasteiger partial charge in [-0.1, -0.05) is 53.6 Å². The van der Waals surface area contributed by atoms with Gasteiger partial charge in [-0.15, -0.1) is 0 Å². The molecule has 1 aliphatic heterocycles.